The fraction of sp³-hybridized carbons (Fsp3) is 0.182. The number of halogens is 2. The number of hydrogen-bond acceptors (Lipinski definition) is 3. The molecule has 2 aromatic rings. The van der Waals surface area contributed by atoms with Crippen molar-refractivity contribution in [3.8, 4) is 0 Å². The van der Waals surface area contributed by atoms with Crippen LogP contribution in [0.25, 0.3) is 0 Å². The minimum atomic E-state index is 0.0409. The summed E-state index contributed by atoms with van der Waals surface area (Å²) in [5, 5.41) is 0.246. The van der Waals surface area contributed by atoms with E-state index in [1.807, 2.05) is 37.3 Å². The van der Waals surface area contributed by atoms with Gasteiger partial charge in [-0.15, -0.1) is 0 Å². The van der Waals surface area contributed by atoms with Gasteiger partial charge in [0.15, 0.2) is 0 Å². The Kier molecular flexibility index (Phi) is 3.36. The van der Waals surface area contributed by atoms with E-state index in [1.165, 1.54) is 0 Å². The second kappa shape index (κ2) is 4.76. The summed E-state index contributed by atoms with van der Waals surface area (Å²) in [5.74, 6) is 0.621. The maximum absolute atomic E-state index is 5.73. The highest BCUT2D eigenvalue weighted by Crippen LogP contribution is 2.22. The molecule has 0 aliphatic rings. The van der Waals surface area contributed by atoms with Crippen LogP contribution in [0.2, 0.25) is 10.6 Å². The molecule has 5 heteroatoms. The first kappa shape index (κ1) is 11.3. The first-order valence-corrected chi connectivity index (χ1v) is 5.54. The van der Waals surface area contributed by atoms with Crippen LogP contribution in [0.1, 0.15) is 24.2 Å². The molecule has 1 aromatic heterocycles. The minimum absolute atomic E-state index is 0.0409. The van der Waals surface area contributed by atoms with Gasteiger partial charge in [0, 0.05) is 5.92 Å². The molecule has 1 unspecified atom stereocenters. The van der Waals surface area contributed by atoms with Crippen molar-refractivity contribution >= 4 is 23.2 Å². The lowest BCUT2D eigenvalue weighted by Crippen LogP contribution is -2.04. The van der Waals surface area contributed by atoms with Gasteiger partial charge in [0.05, 0.1) is 0 Å². The molecule has 0 spiro atoms. The van der Waals surface area contributed by atoms with Gasteiger partial charge in [-0.1, -0.05) is 37.3 Å². The Morgan fingerprint density at radius 2 is 1.50 bits per heavy atom. The van der Waals surface area contributed by atoms with Crippen molar-refractivity contribution in [3.63, 3.8) is 0 Å². The number of hydrogen-bond donors (Lipinski definition) is 0. The number of rotatable bonds is 2. The fourth-order valence-electron chi connectivity index (χ4n) is 1.42. The van der Waals surface area contributed by atoms with Crippen molar-refractivity contribution in [2.45, 2.75) is 12.8 Å². The number of benzene rings is 1. The van der Waals surface area contributed by atoms with Gasteiger partial charge in [-0.25, -0.2) is 9.97 Å². The van der Waals surface area contributed by atoms with Gasteiger partial charge in [0.25, 0.3) is 0 Å². The van der Waals surface area contributed by atoms with Gasteiger partial charge in [-0.2, -0.15) is 4.98 Å². The van der Waals surface area contributed by atoms with Crippen LogP contribution in [0, 0.1) is 0 Å². The molecule has 2 rings (SSSR count). The van der Waals surface area contributed by atoms with E-state index in [0.717, 1.165) is 5.56 Å². The lowest BCUT2D eigenvalue weighted by molar-refractivity contribution is 0.797. The highest BCUT2D eigenvalue weighted by molar-refractivity contribution is 6.31. The largest absolute Gasteiger partial charge is 0.226 e. The Hall–Kier alpha value is -1.19. The first-order chi connectivity index (χ1) is 7.66. The highest BCUT2D eigenvalue weighted by atomic mass is 35.5. The molecule has 0 fully saturated rings. The van der Waals surface area contributed by atoms with E-state index < -0.39 is 0 Å². The summed E-state index contributed by atoms with van der Waals surface area (Å²) >= 11 is 11.5. The third-order valence-corrected chi connectivity index (χ3v) is 2.62. The number of aromatic nitrogens is 3. The quantitative estimate of drug-likeness (QED) is 0.825. The normalized spacial score (nSPS) is 12.4. The lowest BCUT2D eigenvalue weighted by Gasteiger charge is -2.10. The molecule has 82 valence electrons. The fourth-order valence-corrected chi connectivity index (χ4v) is 1.80. The van der Waals surface area contributed by atoms with Gasteiger partial charge >= 0.3 is 0 Å². The van der Waals surface area contributed by atoms with Crippen molar-refractivity contribution < 1.29 is 0 Å². The van der Waals surface area contributed by atoms with Crippen molar-refractivity contribution in [1.82, 2.24) is 15.0 Å². The van der Waals surface area contributed by atoms with Crippen LogP contribution < -0.4 is 0 Å². The molecule has 1 aromatic carbocycles. The third-order valence-electron chi connectivity index (χ3n) is 2.29. The predicted molar refractivity (Wildman–Crippen MR) is 63.8 cm³/mol. The zero-order chi connectivity index (χ0) is 11.5. The monoisotopic (exact) mass is 253 g/mol. The standard InChI is InChI=1S/C11H9Cl2N3/c1-7(8-5-3-2-4-6-8)9-14-10(12)16-11(13)15-9/h2-7H,1H3. The topological polar surface area (TPSA) is 38.7 Å². The lowest BCUT2D eigenvalue weighted by atomic mass is 10.0. The Balaban J connectivity index is 2.37. The van der Waals surface area contributed by atoms with Gasteiger partial charge in [-0.05, 0) is 28.8 Å². The molecule has 0 bridgehead atoms. The van der Waals surface area contributed by atoms with Crippen LogP contribution in [0.3, 0.4) is 0 Å². The maximum Gasteiger partial charge on any atom is 0.226 e. The van der Waals surface area contributed by atoms with Crippen LogP contribution >= 0.6 is 23.2 Å². The van der Waals surface area contributed by atoms with Gasteiger partial charge < -0.3 is 0 Å². The summed E-state index contributed by atoms with van der Waals surface area (Å²) in [4.78, 5) is 11.9. The van der Waals surface area contributed by atoms with E-state index in [4.69, 9.17) is 23.2 Å². The Labute approximate surface area is 103 Å². The Bertz CT molecular complexity index is 468. The van der Waals surface area contributed by atoms with Crippen LogP contribution in [0.5, 0.6) is 0 Å². The molecular formula is C11H9Cl2N3. The first-order valence-electron chi connectivity index (χ1n) is 4.78. The highest BCUT2D eigenvalue weighted by Gasteiger charge is 2.13. The number of nitrogens with zero attached hydrogens (tertiary/aromatic N) is 3. The smallest absolute Gasteiger partial charge is 0.202 e. The van der Waals surface area contributed by atoms with Crippen LogP contribution in [0.4, 0.5) is 0 Å². The van der Waals surface area contributed by atoms with E-state index in [-0.39, 0.29) is 16.5 Å². The van der Waals surface area contributed by atoms with Crippen molar-refractivity contribution in [2.75, 3.05) is 0 Å². The van der Waals surface area contributed by atoms with Crippen molar-refractivity contribution in [3.05, 3.63) is 52.3 Å². The zero-order valence-electron chi connectivity index (χ0n) is 8.56. The average Bonchev–Trinajstić information content (AvgIpc) is 2.28. The minimum Gasteiger partial charge on any atom is -0.202 e. The molecule has 16 heavy (non-hydrogen) atoms. The van der Waals surface area contributed by atoms with Crippen LogP contribution in [-0.4, -0.2) is 15.0 Å². The summed E-state index contributed by atoms with van der Waals surface area (Å²) in [6.45, 7) is 2.00. The van der Waals surface area contributed by atoms with E-state index >= 15 is 0 Å². The summed E-state index contributed by atoms with van der Waals surface area (Å²) in [6.07, 6.45) is 0. The van der Waals surface area contributed by atoms with Gasteiger partial charge in [0.2, 0.25) is 10.6 Å². The summed E-state index contributed by atoms with van der Waals surface area (Å²) < 4.78 is 0. The second-order valence-corrected chi connectivity index (χ2v) is 4.04. The molecule has 1 heterocycles. The van der Waals surface area contributed by atoms with Crippen LogP contribution in [0.15, 0.2) is 30.3 Å². The SMILES string of the molecule is CC(c1ccccc1)c1nc(Cl)nc(Cl)n1. The molecule has 0 saturated heterocycles. The van der Waals surface area contributed by atoms with Gasteiger partial charge in [-0.3, -0.25) is 0 Å². The van der Waals surface area contributed by atoms with Crippen LogP contribution in [-0.2, 0) is 0 Å². The van der Waals surface area contributed by atoms with E-state index in [9.17, 15) is 0 Å². The molecule has 3 nitrogen and oxygen atoms in total. The Morgan fingerprint density at radius 1 is 0.938 bits per heavy atom. The molecule has 0 radical (unpaired) electrons. The third kappa shape index (κ3) is 2.49. The molecule has 1 atom stereocenters. The summed E-state index contributed by atoms with van der Waals surface area (Å²) in [7, 11) is 0. The molecule has 0 aliphatic heterocycles. The summed E-state index contributed by atoms with van der Waals surface area (Å²) in [5.41, 5.74) is 1.11. The van der Waals surface area contributed by atoms with Crippen molar-refractivity contribution in [2.24, 2.45) is 0 Å². The second-order valence-electron chi connectivity index (χ2n) is 3.36. The molecule has 0 saturated carbocycles. The maximum atomic E-state index is 5.73. The molecule has 0 amide bonds. The summed E-state index contributed by atoms with van der Waals surface area (Å²) in [6, 6.07) is 9.92. The van der Waals surface area contributed by atoms with Gasteiger partial charge in [0.1, 0.15) is 5.82 Å². The zero-order valence-corrected chi connectivity index (χ0v) is 10.1. The van der Waals surface area contributed by atoms with E-state index in [0.29, 0.717) is 5.82 Å². The molecular weight excluding hydrogens is 245 g/mol. The molecule has 0 N–H and O–H groups in total. The Morgan fingerprint density at radius 3 is 2.06 bits per heavy atom. The van der Waals surface area contributed by atoms with E-state index in [2.05, 4.69) is 15.0 Å². The predicted octanol–water partition coefficient (Wildman–Crippen LogP) is 3.33. The molecule has 0 aliphatic carbocycles. The van der Waals surface area contributed by atoms with Crippen molar-refractivity contribution in [1.29, 1.82) is 0 Å². The van der Waals surface area contributed by atoms with E-state index in [1.54, 1.807) is 0 Å². The average molecular weight is 254 g/mol.